The van der Waals surface area contributed by atoms with Gasteiger partial charge in [0.25, 0.3) is 0 Å². The minimum atomic E-state index is -0.398. The van der Waals surface area contributed by atoms with E-state index in [2.05, 4.69) is 186 Å². The van der Waals surface area contributed by atoms with E-state index >= 15 is 0 Å². The van der Waals surface area contributed by atoms with Gasteiger partial charge in [0.15, 0.2) is 0 Å². The molecule has 6 aromatic carbocycles. The van der Waals surface area contributed by atoms with Crippen molar-refractivity contribution in [1.29, 1.82) is 0 Å². The van der Waals surface area contributed by atoms with Crippen molar-refractivity contribution in [2.45, 2.75) is 123 Å². The fourth-order valence-electron chi connectivity index (χ4n) is 8.82. The minimum Gasteiger partial charge on any atom is -0.496 e. The zero-order valence-electron chi connectivity index (χ0n) is 38.7. The first-order valence-corrected chi connectivity index (χ1v) is 21.8. The van der Waals surface area contributed by atoms with Gasteiger partial charge in [-0.25, -0.2) is 0 Å². The molecule has 0 atom stereocenters. The Morgan fingerprint density at radius 1 is 0.508 bits per heavy atom. The van der Waals surface area contributed by atoms with Gasteiger partial charge in [0.05, 0.1) is 36.6 Å². The lowest BCUT2D eigenvalue weighted by Gasteiger charge is -2.32. The molecule has 6 nitrogen and oxygen atoms in total. The first-order valence-electron chi connectivity index (χ1n) is 21.8. The van der Waals surface area contributed by atoms with Crippen LogP contribution in [0.15, 0.2) is 103 Å². The molecule has 0 saturated carbocycles. The highest BCUT2D eigenvalue weighted by Crippen LogP contribution is 2.44. The number of methoxy groups -OCH3 is 2. The van der Waals surface area contributed by atoms with E-state index in [9.17, 15) is 0 Å². The molecule has 6 aromatic rings. The third kappa shape index (κ3) is 7.90. The summed E-state index contributed by atoms with van der Waals surface area (Å²) >= 11 is 0. The average molecular weight is 817 g/mol. The molecule has 2 fully saturated rings. The summed E-state index contributed by atoms with van der Waals surface area (Å²) in [5.41, 5.74) is 8.32. The normalized spacial score (nSPS) is 18.1. The molecule has 0 radical (unpaired) electrons. The van der Waals surface area contributed by atoms with Crippen molar-refractivity contribution in [3.8, 4) is 33.8 Å². The van der Waals surface area contributed by atoms with Gasteiger partial charge in [0.1, 0.15) is 11.5 Å². The van der Waals surface area contributed by atoms with Crippen LogP contribution in [-0.2, 0) is 30.5 Å². The number of benzene rings is 6. The van der Waals surface area contributed by atoms with Crippen LogP contribution in [0.1, 0.15) is 106 Å². The highest BCUT2D eigenvalue weighted by Gasteiger charge is 2.52. The summed E-state index contributed by atoms with van der Waals surface area (Å²) < 4.78 is 37.8. The van der Waals surface area contributed by atoms with Crippen LogP contribution in [-0.4, -0.2) is 50.9 Å². The van der Waals surface area contributed by atoms with Crippen LogP contribution in [0.3, 0.4) is 0 Å². The highest BCUT2D eigenvalue weighted by atomic mass is 16.7. The van der Waals surface area contributed by atoms with Crippen LogP contribution >= 0.6 is 0 Å². The Morgan fingerprint density at radius 2 is 0.934 bits per heavy atom. The summed E-state index contributed by atoms with van der Waals surface area (Å²) in [5.74, 6) is 2.08. The molecule has 8 rings (SSSR count). The first-order chi connectivity index (χ1) is 28.6. The molecule has 0 unspecified atom stereocenters. The van der Waals surface area contributed by atoms with Gasteiger partial charge >= 0.3 is 14.2 Å². The third-order valence-corrected chi connectivity index (χ3v) is 14.0. The lowest BCUT2D eigenvalue weighted by atomic mass is 9.76. The molecule has 0 N–H and O–H groups in total. The van der Waals surface area contributed by atoms with Crippen molar-refractivity contribution in [2.24, 2.45) is 0 Å². The SMILES string of the molecule is COc1ccc(-c2ccc3cc(B4OC(C)(C)C(C)(C)O4)ccc3c2)cc1C(C)(C)Cc1cc(-c2ccc3cc(B4OC(C)(C)C(C)(C)O4)ccc3c2)cc(C(C)C)c1OC. The van der Waals surface area contributed by atoms with Crippen molar-refractivity contribution >= 4 is 46.7 Å². The second-order valence-electron chi connectivity index (χ2n) is 20.2. The summed E-state index contributed by atoms with van der Waals surface area (Å²) in [6, 6.07) is 37.6. The fraction of sp³-hybridized carbons (Fsp3) is 0.396. The van der Waals surface area contributed by atoms with Crippen molar-refractivity contribution in [1.82, 2.24) is 0 Å². The van der Waals surface area contributed by atoms with Crippen molar-refractivity contribution in [3.63, 3.8) is 0 Å². The van der Waals surface area contributed by atoms with E-state index in [1.807, 2.05) is 0 Å². The topological polar surface area (TPSA) is 55.4 Å². The van der Waals surface area contributed by atoms with Crippen LogP contribution < -0.4 is 20.4 Å². The minimum absolute atomic E-state index is 0.262. The molecule has 0 bridgehead atoms. The molecule has 0 amide bonds. The predicted molar refractivity (Wildman–Crippen MR) is 254 cm³/mol. The smallest absolute Gasteiger partial charge is 0.494 e. The van der Waals surface area contributed by atoms with Gasteiger partial charge < -0.3 is 28.1 Å². The van der Waals surface area contributed by atoms with Gasteiger partial charge in [-0.15, -0.1) is 0 Å². The quantitative estimate of drug-likeness (QED) is 0.128. The first kappa shape index (κ1) is 43.1. The number of hydrogen-bond donors (Lipinski definition) is 0. The maximum atomic E-state index is 6.37. The summed E-state index contributed by atoms with van der Waals surface area (Å²) in [4.78, 5) is 0. The number of rotatable bonds is 10. The Labute approximate surface area is 364 Å². The zero-order chi connectivity index (χ0) is 43.9. The second kappa shape index (κ2) is 15.3. The van der Waals surface area contributed by atoms with Crippen molar-refractivity contribution < 1.29 is 28.1 Å². The summed E-state index contributed by atoms with van der Waals surface area (Å²) in [6.07, 6.45) is 0.744. The van der Waals surface area contributed by atoms with Gasteiger partial charge in [-0.3, -0.25) is 0 Å². The molecule has 2 aliphatic heterocycles. The lowest BCUT2D eigenvalue weighted by Crippen LogP contribution is -2.41. The van der Waals surface area contributed by atoms with E-state index in [0.717, 1.165) is 61.7 Å². The standard InChI is InChI=1S/C53H62B2O6/c1-33(2)45-30-41(37-16-18-39-29-44(23-20-36(39)26-37)55-60-52(9,10)53(11,12)61-55)27-42(48(45)57-14)32-49(3,4)46-31-40(21-24-47(46)56-13)34-15-17-38-28-43(22-19-35(38)25-34)54-58-50(5,6)51(7,8)59-54/h15-31,33H,32H2,1-14H3. The summed E-state index contributed by atoms with van der Waals surface area (Å²) in [5, 5.41) is 4.63. The molecule has 0 aromatic heterocycles. The molecular weight excluding hydrogens is 754 g/mol. The summed E-state index contributed by atoms with van der Waals surface area (Å²) in [7, 11) is 2.76. The zero-order valence-corrected chi connectivity index (χ0v) is 38.7. The Bertz CT molecular complexity index is 2610. The lowest BCUT2D eigenvalue weighted by molar-refractivity contribution is 0.00578. The van der Waals surface area contributed by atoms with Crippen LogP contribution in [0.2, 0.25) is 0 Å². The van der Waals surface area contributed by atoms with E-state index in [1.54, 1.807) is 14.2 Å². The van der Waals surface area contributed by atoms with Crippen LogP contribution in [0.4, 0.5) is 0 Å². The second-order valence-corrected chi connectivity index (χ2v) is 20.2. The van der Waals surface area contributed by atoms with Gasteiger partial charge in [0, 0.05) is 5.56 Å². The van der Waals surface area contributed by atoms with Gasteiger partial charge in [-0.2, -0.15) is 0 Å². The molecular formula is C53H62B2O6. The molecule has 8 heteroatoms. The molecule has 2 aliphatic rings. The van der Waals surface area contributed by atoms with Crippen LogP contribution in [0, 0.1) is 0 Å². The molecule has 2 heterocycles. The van der Waals surface area contributed by atoms with Gasteiger partial charge in [-0.05, 0) is 175 Å². The molecule has 61 heavy (non-hydrogen) atoms. The molecule has 0 aliphatic carbocycles. The van der Waals surface area contributed by atoms with E-state index in [4.69, 9.17) is 28.1 Å². The van der Waals surface area contributed by atoms with E-state index in [-0.39, 0.29) is 33.7 Å². The largest absolute Gasteiger partial charge is 0.496 e. The third-order valence-electron chi connectivity index (χ3n) is 14.0. The molecule has 0 spiro atoms. The van der Waals surface area contributed by atoms with Crippen LogP contribution in [0.25, 0.3) is 43.8 Å². The van der Waals surface area contributed by atoms with Crippen molar-refractivity contribution in [3.05, 3.63) is 120 Å². The Morgan fingerprint density at radius 3 is 1.39 bits per heavy atom. The van der Waals surface area contributed by atoms with Gasteiger partial charge in [0.2, 0.25) is 0 Å². The average Bonchev–Trinajstić information content (AvgIpc) is 3.58. The van der Waals surface area contributed by atoms with E-state index in [1.165, 1.54) is 27.6 Å². The number of fused-ring (bicyclic) bond motifs is 2. The molecule has 2 saturated heterocycles. The van der Waals surface area contributed by atoms with Gasteiger partial charge in [-0.1, -0.05) is 94.4 Å². The van der Waals surface area contributed by atoms with Crippen LogP contribution in [0.5, 0.6) is 11.5 Å². The van der Waals surface area contributed by atoms with Crippen molar-refractivity contribution in [2.75, 3.05) is 14.2 Å². The highest BCUT2D eigenvalue weighted by molar-refractivity contribution is 6.62. The maximum absolute atomic E-state index is 6.37. The Kier molecular flexibility index (Phi) is 10.8. The van der Waals surface area contributed by atoms with E-state index < -0.39 is 14.2 Å². The maximum Gasteiger partial charge on any atom is 0.494 e. The summed E-state index contributed by atoms with van der Waals surface area (Å²) in [6.45, 7) is 25.8. The van der Waals surface area contributed by atoms with E-state index in [0.29, 0.717) is 0 Å². The monoisotopic (exact) mass is 816 g/mol. The number of ether oxygens (including phenoxy) is 2. The molecule has 316 valence electrons. The predicted octanol–water partition coefficient (Wildman–Crippen LogP) is 11.6. The Balaban J connectivity index is 1.10. The Hall–Kier alpha value is -4.59. The fourth-order valence-corrected chi connectivity index (χ4v) is 8.82. The number of hydrogen-bond acceptors (Lipinski definition) is 6.